The van der Waals surface area contributed by atoms with Crippen molar-refractivity contribution in [1.82, 2.24) is 4.90 Å². The van der Waals surface area contributed by atoms with Crippen LogP contribution in [0.2, 0.25) is 10.0 Å². The van der Waals surface area contributed by atoms with Gasteiger partial charge < -0.3 is 10.1 Å². The molecule has 0 saturated heterocycles. The molecule has 5 nitrogen and oxygen atoms in total. The predicted molar refractivity (Wildman–Crippen MR) is 111 cm³/mol. The van der Waals surface area contributed by atoms with Gasteiger partial charge in [-0.1, -0.05) is 48.3 Å². The zero-order valence-electron chi connectivity index (χ0n) is 15.6. The van der Waals surface area contributed by atoms with Crippen LogP contribution in [0.25, 0.3) is 5.57 Å². The van der Waals surface area contributed by atoms with Gasteiger partial charge in [-0.3, -0.25) is 14.5 Å². The smallest absolute Gasteiger partial charge is 0.278 e. The Kier molecular flexibility index (Phi) is 6.39. The van der Waals surface area contributed by atoms with E-state index >= 15 is 0 Å². The summed E-state index contributed by atoms with van der Waals surface area (Å²) in [7, 11) is 1.52. The first-order valence-electron chi connectivity index (χ1n) is 8.87. The van der Waals surface area contributed by atoms with Crippen LogP contribution in [-0.4, -0.2) is 37.0 Å². The third-order valence-corrected chi connectivity index (χ3v) is 5.07. The van der Waals surface area contributed by atoms with Gasteiger partial charge in [-0.2, -0.15) is 0 Å². The van der Waals surface area contributed by atoms with Crippen LogP contribution in [0.3, 0.4) is 0 Å². The molecule has 1 aliphatic rings. The molecule has 28 heavy (non-hydrogen) atoms. The number of rotatable bonds is 7. The van der Waals surface area contributed by atoms with Gasteiger partial charge in [0, 0.05) is 23.4 Å². The van der Waals surface area contributed by atoms with E-state index < -0.39 is 11.8 Å². The van der Waals surface area contributed by atoms with Crippen LogP contribution in [0.15, 0.2) is 48.2 Å². The maximum absolute atomic E-state index is 13.0. The molecule has 1 aliphatic heterocycles. The van der Waals surface area contributed by atoms with Crippen LogP contribution in [0.5, 0.6) is 0 Å². The number of imide groups is 1. The summed E-state index contributed by atoms with van der Waals surface area (Å²) in [6, 6.07) is 12.5. The van der Waals surface area contributed by atoms with Gasteiger partial charge in [0.25, 0.3) is 11.8 Å². The van der Waals surface area contributed by atoms with Gasteiger partial charge in [-0.25, -0.2) is 0 Å². The Bertz CT molecular complexity index is 939. The lowest BCUT2D eigenvalue weighted by molar-refractivity contribution is -0.137. The number of carbonyl (C=O) groups excluding carboxylic acids is 2. The van der Waals surface area contributed by atoms with Gasteiger partial charge in [-0.15, -0.1) is 0 Å². The first kappa shape index (κ1) is 20.4. The Labute approximate surface area is 173 Å². The van der Waals surface area contributed by atoms with E-state index in [1.165, 1.54) is 12.7 Å². The van der Waals surface area contributed by atoms with E-state index in [0.29, 0.717) is 21.3 Å². The SMILES string of the molecule is CCc1ccc(NC2=C(c3ccc(Cl)cc3Cl)C(=O)N(CCOC)C2=O)cc1. The van der Waals surface area contributed by atoms with Crippen LogP contribution >= 0.6 is 23.2 Å². The molecule has 0 bridgehead atoms. The highest BCUT2D eigenvalue weighted by Gasteiger charge is 2.39. The van der Waals surface area contributed by atoms with E-state index in [-0.39, 0.29) is 24.4 Å². The number of amides is 2. The third-order valence-electron chi connectivity index (χ3n) is 4.52. The molecule has 2 amide bonds. The quantitative estimate of drug-likeness (QED) is 0.677. The first-order valence-corrected chi connectivity index (χ1v) is 9.62. The standard InChI is InChI=1S/C21H20Cl2N2O3/c1-3-13-4-7-15(8-5-13)24-19-18(16-9-6-14(22)12-17(16)23)20(26)25(21(19)27)10-11-28-2/h4-9,12,24H,3,10-11H2,1-2H3. The molecular formula is C21H20Cl2N2O3. The summed E-state index contributed by atoms with van der Waals surface area (Å²) >= 11 is 12.3. The van der Waals surface area contributed by atoms with E-state index in [2.05, 4.69) is 12.2 Å². The van der Waals surface area contributed by atoms with Gasteiger partial charge in [0.05, 0.1) is 23.7 Å². The first-order chi connectivity index (χ1) is 13.5. The normalized spacial score (nSPS) is 14.2. The van der Waals surface area contributed by atoms with Crippen molar-refractivity contribution in [2.45, 2.75) is 13.3 Å². The minimum absolute atomic E-state index is 0.156. The van der Waals surface area contributed by atoms with Crippen LogP contribution in [0, 0.1) is 0 Å². The molecule has 0 atom stereocenters. The fraction of sp³-hybridized carbons (Fsp3) is 0.238. The van der Waals surface area contributed by atoms with Crippen molar-refractivity contribution >= 4 is 46.3 Å². The number of carbonyl (C=O) groups is 2. The predicted octanol–water partition coefficient (Wildman–Crippen LogP) is 4.39. The van der Waals surface area contributed by atoms with E-state index in [0.717, 1.165) is 11.3 Å². The van der Waals surface area contributed by atoms with E-state index in [4.69, 9.17) is 27.9 Å². The second kappa shape index (κ2) is 8.78. The number of halogens is 2. The van der Waals surface area contributed by atoms with Gasteiger partial charge in [-0.05, 0) is 36.2 Å². The van der Waals surface area contributed by atoms with Gasteiger partial charge in [0.1, 0.15) is 5.70 Å². The monoisotopic (exact) mass is 418 g/mol. The number of hydrogen-bond acceptors (Lipinski definition) is 4. The molecular weight excluding hydrogens is 399 g/mol. The summed E-state index contributed by atoms with van der Waals surface area (Å²) in [6.45, 7) is 2.47. The number of methoxy groups -OCH3 is 1. The minimum Gasteiger partial charge on any atom is -0.383 e. The summed E-state index contributed by atoms with van der Waals surface area (Å²) in [5.41, 5.74) is 2.76. The second-order valence-electron chi connectivity index (χ2n) is 6.30. The van der Waals surface area contributed by atoms with Crippen LogP contribution in [-0.2, 0) is 20.7 Å². The van der Waals surface area contributed by atoms with Gasteiger partial charge >= 0.3 is 0 Å². The molecule has 1 heterocycles. The van der Waals surface area contributed by atoms with Crippen molar-refractivity contribution in [3.05, 3.63) is 69.3 Å². The molecule has 146 valence electrons. The summed E-state index contributed by atoms with van der Waals surface area (Å²) < 4.78 is 5.03. The molecule has 0 spiro atoms. The fourth-order valence-corrected chi connectivity index (χ4v) is 3.49. The molecule has 7 heteroatoms. The van der Waals surface area contributed by atoms with Crippen molar-refractivity contribution in [3.63, 3.8) is 0 Å². The molecule has 0 unspecified atom stereocenters. The van der Waals surface area contributed by atoms with Crippen LogP contribution in [0.4, 0.5) is 5.69 Å². The maximum atomic E-state index is 13.0. The number of benzene rings is 2. The van der Waals surface area contributed by atoms with Crippen LogP contribution in [0.1, 0.15) is 18.1 Å². The van der Waals surface area contributed by atoms with Crippen molar-refractivity contribution < 1.29 is 14.3 Å². The largest absolute Gasteiger partial charge is 0.383 e. The second-order valence-corrected chi connectivity index (χ2v) is 7.15. The van der Waals surface area contributed by atoms with Gasteiger partial charge in [0.15, 0.2) is 0 Å². The van der Waals surface area contributed by atoms with Crippen molar-refractivity contribution in [1.29, 1.82) is 0 Å². The highest BCUT2D eigenvalue weighted by atomic mass is 35.5. The van der Waals surface area contributed by atoms with Crippen LogP contribution < -0.4 is 5.32 Å². The lowest BCUT2D eigenvalue weighted by Gasteiger charge is -2.14. The van der Waals surface area contributed by atoms with E-state index in [9.17, 15) is 9.59 Å². The minimum atomic E-state index is -0.418. The van der Waals surface area contributed by atoms with E-state index in [1.807, 2.05) is 24.3 Å². The van der Waals surface area contributed by atoms with Gasteiger partial charge in [0.2, 0.25) is 0 Å². The van der Waals surface area contributed by atoms with E-state index in [1.54, 1.807) is 18.2 Å². The average Bonchev–Trinajstić information content (AvgIpc) is 2.91. The Hall–Kier alpha value is -2.34. The number of nitrogens with one attached hydrogen (secondary N) is 1. The zero-order valence-corrected chi connectivity index (χ0v) is 17.1. The highest BCUT2D eigenvalue weighted by Crippen LogP contribution is 2.35. The number of aryl methyl sites for hydroxylation is 1. The lowest BCUT2D eigenvalue weighted by atomic mass is 10.0. The Morgan fingerprint density at radius 1 is 1.04 bits per heavy atom. The molecule has 0 saturated carbocycles. The summed E-state index contributed by atoms with van der Waals surface area (Å²) in [5, 5.41) is 3.86. The molecule has 0 aromatic heterocycles. The van der Waals surface area contributed by atoms with Crippen molar-refractivity contribution in [2.24, 2.45) is 0 Å². The summed E-state index contributed by atoms with van der Waals surface area (Å²) in [4.78, 5) is 27.2. The summed E-state index contributed by atoms with van der Waals surface area (Å²) in [5.74, 6) is -0.832. The number of anilines is 1. The molecule has 2 aromatic carbocycles. The van der Waals surface area contributed by atoms with Crippen molar-refractivity contribution in [2.75, 3.05) is 25.6 Å². The lowest BCUT2D eigenvalue weighted by Crippen LogP contribution is -2.35. The molecule has 0 fully saturated rings. The zero-order chi connectivity index (χ0) is 20.3. The third kappa shape index (κ3) is 4.07. The Morgan fingerprint density at radius 3 is 2.36 bits per heavy atom. The number of ether oxygens (including phenoxy) is 1. The molecule has 0 radical (unpaired) electrons. The topological polar surface area (TPSA) is 58.6 Å². The summed E-state index contributed by atoms with van der Waals surface area (Å²) in [6.07, 6.45) is 0.914. The number of hydrogen-bond donors (Lipinski definition) is 1. The number of nitrogens with zero attached hydrogens (tertiary/aromatic N) is 1. The molecule has 3 rings (SSSR count). The average molecular weight is 419 g/mol. The fourth-order valence-electron chi connectivity index (χ4n) is 2.99. The Balaban J connectivity index is 2.05. The van der Waals surface area contributed by atoms with Crippen molar-refractivity contribution in [3.8, 4) is 0 Å². The molecule has 2 aromatic rings. The Morgan fingerprint density at radius 2 is 1.75 bits per heavy atom. The maximum Gasteiger partial charge on any atom is 0.278 e. The molecule has 1 N–H and O–H groups in total. The molecule has 0 aliphatic carbocycles. The highest BCUT2D eigenvalue weighted by molar-refractivity contribution is 6.41.